The van der Waals surface area contributed by atoms with E-state index in [2.05, 4.69) is 8.37 Å². The summed E-state index contributed by atoms with van der Waals surface area (Å²) in [7, 11) is 6.08. The van der Waals surface area contributed by atoms with Crippen LogP contribution in [0.3, 0.4) is 0 Å². The first-order chi connectivity index (χ1) is 13.8. The normalized spacial score (nSPS) is 14.1. The van der Waals surface area contributed by atoms with Crippen molar-refractivity contribution >= 4 is 36.0 Å². The van der Waals surface area contributed by atoms with Gasteiger partial charge in [0, 0.05) is 14.1 Å². The summed E-state index contributed by atoms with van der Waals surface area (Å²) in [5, 5.41) is 0. The molecule has 2 aliphatic rings. The molecular formula is C20H20N2O6S. The minimum absolute atomic E-state index is 0.212. The summed E-state index contributed by atoms with van der Waals surface area (Å²) in [4.78, 5) is 47.5. The molecule has 0 fully saturated rings. The van der Waals surface area contributed by atoms with Crippen LogP contribution >= 0.6 is 12.3 Å². The van der Waals surface area contributed by atoms with Gasteiger partial charge in [0.2, 0.25) is 0 Å². The molecule has 4 rings (SSSR count). The molecule has 29 heavy (non-hydrogen) atoms. The molecule has 9 heteroatoms. The van der Waals surface area contributed by atoms with Crippen LogP contribution in [-0.4, -0.2) is 61.7 Å². The SMILES string of the molecule is CN1C(=O)c2ccccc2C1=O.CN1C(=O)c2ccccc2C1=O.COSOC. The van der Waals surface area contributed by atoms with Crippen LogP contribution in [0.25, 0.3) is 0 Å². The molecule has 2 heterocycles. The van der Waals surface area contributed by atoms with Gasteiger partial charge in [-0.2, -0.15) is 0 Å². The standard InChI is InChI=1S/2C9H7NO2.C2H6O2S/c2*1-10-8(11)6-4-2-3-5-7(6)9(10)12;1-3-5-4-2/h2*2-5H,1H3;1-2H3. The zero-order valence-electron chi connectivity index (χ0n) is 16.4. The predicted octanol–water partition coefficient (Wildman–Crippen LogP) is 2.67. The number of hydrogen-bond acceptors (Lipinski definition) is 7. The van der Waals surface area contributed by atoms with Gasteiger partial charge >= 0.3 is 0 Å². The topological polar surface area (TPSA) is 93.2 Å². The molecule has 0 aliphatic carbocycles. The Kier molecular flexibility index (Phi) is 7.66. The van der Waals surface area contributed by atoms with Crippen LogP contribution in [-0.2, 0) is 8.37 Å². The van der Waals surface area contributed by atoms with E-state index in [1.807, 2.05) is 0 Å². The lowest BCUT2D eigenvalue weighted by Crippen LogP contribution is -2.24. The smallest absolute Gasteiger partial charge is 0.261 e. The van der Waals surface area contributed by atoms with Gasteiger partial charge in [0.1, 0.15) is 0 Å². The molecule has 4 amide bonds. The molecule has 0 bridgehead atoms. The number of imide groups is 2. The van der Waals surface area contributed by atoms with E-state index in [1.54, 1.807) is 62.8 Å². The van der Waals surface area contributed by atoms with E-state index in [0.29, 0.717) is 22.3 Å². The summed E-state index contributed by atoms with van der Waals surface area (Å²) < 4.78 is 8.77. The number of fused-ring (bicyclic) bond motifs is 2. The van der Waals surface area contributed by atoms with Crippen molar-refractivity contribution in [2.24, 2.45) is 0 Å². The average molecular weight is 416 g/mol. The Morgan fingerprint density at radius 3 is 1.00 bits per heavy atom. The summed E-state index contributed by atoms with van der Waals surface area (Å²) in [6, 6.07) is 13.7. The maximum atomic E-state index is 11.3. The first-order valence-corrected chi connectivity index (χ1v) is 9.08. The minimum atomic E-state index is -0.212. The summed E-state index contributed by atoms with van der Waals surface area (Å²) in [6.45, 7) is 0. The molecule has 2 aromatic carbocycles. The van der Waals surface area contributed by atoms with Crippen LogP contribution in [0, 0.1) is 0 Å². The van der Waals surface area contributed by atoms with Crippen molar-refractivity contribution in [3.63, 3.8) is 0 Å². The number of carbonyl (C=O) groups excluding carboxylic acids is 4. The van der Waals surface area contributed by atoms with Gasteiger partial charge in [0.25, 0.3) is 23.6 Å². The maximum Gasteiger partial charge on any atom is 0.261 e. The van der Waals surface area contributed by atoms with E-state index >= 15 is 0 Å². The molecule has 2 aromatic rings. The summed E-state index contributed by atoms with van der Waals surface area (Å²) in [6.07, 6.45) is 0. The fourth-order valence-electron chi connectivity index (χ4n) is 2.69. The zero-order valence-corrected chi connectivity index (χ0v) is 17.2. The summed E-state index contributed by atoms with van der Waals surface area (Å²) in [5.74, 6) is -0.850. The van der Waals surface area contributed by atoms with Crippen molar-refractivity contribution < 1.29 is 27.5 Å². The molecule has 2 aliphatic heterocycles. The molecule has 0 atom stereocenters. The van der Waals surface area contributed by atoms with Crippen LogP contribution in [0.1, 0.15) is 41.4 Å². The van der Waals surface area contributed by atoms with Gasteiger partial charge < -0.3 is 0 Å². The zero-order chi connectivity index (χ0) is 21.6. The van der Waals surface area contributed by atoms with E-state index in [-0.39, 0.29) is 23.6 Å². The Morgan fingerprint density at radius 2 is 0.828 bits per heavy atom. The number of amides is 4. The largest absolute Gasteiger partial charge is 0.295 e. The van der Waals surface area contributed by atoms with Gasteiger partial charge in [-0.15, -0.1) is 0 Å². The Morgan fingerprint density at radius 1 is 0.586 bits per heavy atom. The van der Waals surface area contributed by atoms with Crippen molar-refractivity contribution in [1.29, 1.82) is 0 Å². The number of hydrogen-bond donors (Lipinski definition) is 0. The molecular weight excluding hydrogens is 396 g/mol. The molecule has 0 unspecified atom stereocenters. The third-order valence-corrected chi connectivity index (χ3v) is 4.40. The number of nitrogens with zero attached hydrogens (tertiary/aromatic N) is 2. The molecule has 152 valence electrons. The molecule has 8 nitrogen and oxygen atoms in total. The maximum absolute atomic E-state index is 11.3. The number of benzene rings is 2. The highest BCUT2D eigenvalue weighted by Gasteiger charge is 2.32. The van der Waals surface area contributed by atoms with E-state index in [9.17, 15) is 19.2 Å². The second-order valence-electron chi connectivity index (χ2n) is 5.83. The highest BCUT2D eigenvalue weighted by atomic mass is 32.2. The van der Waals surface area contributed by atoms with Gasteiger partial charge in [-0.1, -0.05) is 24.3 Å². The molecule has 0 N–H and O–H groups in total. The van der Waals surface area contributed by atoms with E-state index < -0.39 is 0 Å². The highest BCUT2D eigenvalue weighted by Crippen LogP contribution is 2.21. The van der Waals surface area contributed by atoms with Crippen molar-refractivity contribution in [3.8, 4) is 0 Å². The second-order valence-corrected chi connectivity index (χ2v) is 6.63. The number of rotatable bonds is 2. The van der Waals surface area contributed by atoms with Crippen LogP contribution in [0.15, 0.2) is 48.5 Å². The third-order valence-electron chi connectivity index (χ3n) is 4.13. The van der Waals surface area contributed by atoms with Crippen LogP contribution in [0.2, 0.25) is 0 Å². The first kappa shape index (κ1) is 22.3. The van der Waals surface area contributed by atoms with E-state index in [1.165, 1.54) is 14.1 Å². The fourth-order valence-corrected chi connectivity index (χ4v) is 2.82. The molecule has 0 aromatic heterocycles. The Hall–Kier alpha value is -3.01. The predicted molar refractivity (Wildman–Crippen MR) is 107 cm³/mol. The third kappa shape index (κ3) is 4.70. The molecule has 0 saturated carbocycles. The van der Waals surface area contributed by atoms with Gasteiger partial charge in [0.05, 0.1) is 36.5 Å². The minimum Gasteiger partial charge on any atom is -0.295 e. The summed E-state index contributed by atoms with van der Waals surface area (Å²) >= 11 is 0.963. The van der Waals surface area contributed by atoms with E-state index in [4.69, 9.17) is 0 Å². The average Bonchev–Trinajstić information content (AvgIpc) is 3.11. The Bertz CT molecular complexity index is 801. The lowest BCUT2D eigenvalue weighted by atomic mass is 10.1. The van der Waals surface area contributed by atoms with Crippen LogP contribution < -0.4 is 0 Å². The Labute approximate surface area is 172 Å². The Balaban J connectivity index is 0.000000170. The molecule has 0 radical (unpaired) electrons. The second kappa shape index (κ2) is 9.97. The number of carbonyl (C=O) groups is 4. The lowest BCUT2D eigenvalue weighted by Gasteiger charge is -2.02. The van der Waals surface area contributed by atoms with Crippen LogP contribution in [0.4, 0.5) is 0 Å². The van der Waals surface area contributed by atoms with Gasteiger partial charge in [-0.25, -0.2) is 0 Å². The van der Waals surface area contributed by atoms with Crippen molar-refractivity contribution in [1.82, 2.24) is 9.80 Å². The van der Waals surface area contributed by atoms with Gasteiger partial charge in [0.15, 0.2) is 12.3 Å². The van der Waals surface area contributed by atoms with Crippen molar-refractivity contribution in [2.45, 2.75) is 0 Å². The summed E-state index contributed by atoms with van der Waals surface area (Å²) in [5.41, 5.74) is 2.02. The van der Waals surface area contributed by atoms with Gasteiger partial charge in [-0.05, 0) is 24.3 Å². The lowest BCUT2D eigenvalue weighted by molar-refractivity contribution is 0.0678. The van der Waals surface area contributed by atoms with E-state index in [0.717, 1.165) is 22.1 Å². The van der Waals surface area contributed by atoms with Crippen molar-refractivity contribution in [2.75, 3.05) is 28.3 Å². The fraction of sp³-hybridized carbons (Fsp3) is 0.200. The quantitative estimate of drug-likeness (QED) is 0.549. The monoisotopic (exact) mass is 416 g/mol. The molecule has 0 spiro atoms. The first-order valence-electron chi connectivity index (χ1n) is 8.41. The van der Waals surface area contributed by atoms with Crippen LogP contribution in [0.5, 0.6) is 0 Å². The van der Waals surface area contributed by atoms with Crippen molar-refractivity contribution in [3.05, 3.63) is 70.8 Å². The highest BCUT2D eigenvalue weighted by molar-refractivity contribution is 7.89. The molecule has 0 saturated heterocycles. The van der Waals surface area contributed by atoms with Gasteiger partial charge in [-0.3, -0.25) is 37.3 Å².